The molecule has 0 aromatic heterocycles. The predicted molar refractivity (Wildman–Crippen MR) is 179 cm³/mol. The second kappa shape index (κ2) is 12.6. The van der Waals surface area contributed by atoms with Gasteiger partial charge in [0.2, 0.25) is 11.8 Å². The van der Waals surface area contributed by atoms with Gasteiger partial charge in [0, 0.05) is 12.1 Å². The van der Waals surface area contributed by atoms with Crippen molar-refractivity contribution in [3.8, 4) is 0 Å². The fraction of sp³-hybridized carbons (Fsp3) is 0.432. The number of benzene rings is 3. The van der Waals surface area contributed by atoms with Crippen molar-refractivity contribution in [2.45, 2.75) is 90.5 Å². The van der Waals surface area contributed by atoms with E-state index in [0.29, 0.717) is 12.3 Å². The van der Waals surface area contributed by atoms with Gasteiger partial charge < -0.3 is 16.0 Å². The van der Waals surface area contributed by atoms with Crippen LogP contribution in [0.3, 0.4) is 0 Å². The molecule has 0 spiro atoms. The zero-order chi connectivity index (χ0) is 30.8. The van der Waals surface area contributed by atoms with Crippen LogP contribution in [0.15, 0.2) is 72.8 Å². The van der Waals surface area contributed by atoms with Crippen molar-refractivity contribution >= 4 is 34.8 Å². The minimum absolute atomic E-state index is 0.0547. The summed E-state index contributed by atoms with van der Waals surface area (Å²) in [7, 11) is 0. The lowest BCUT2D eigenvalue weighted by Gasteiger charge is -2.54. The Balaban J connectivity index is 1.33. The quantitative estimate of drug-likeness (QED) is 0.250. The van der Waals surface area contributed by atoms with Gasteiger partial charge in [-0.1, -0.05) is 101 Å². The van der Waals surface area contributed by atoms with Crippen LogP contribution in [0.5, 0.6) is 0 Å². The number of thiocarbonyl (C=S) groups is 1. The van der Waals surface area contributed by atoms with Gasteiger partial charge in [-0.05, 0) is 96.0 Å². The summed E-state index contributed by atoms with van der Waals surface area (Å²) in [5.74, 6) is 0.450. The van der Waals surface area contributed by atoms with E-state index in [-0.39, 0.29) is 28.3 Å². The van der Waals surface area contributed by atoms with Gasteiger partial charge in [0.25, 0.3) is 0 Å². The maximum Gasteiger partial charge on any atom is 0.247 e. The van der Waals surface area contributed by atoms with E-state index >= 15 is 0 Å². The van der Waals surface area contributed by atoms with E-state index in [0.717, 1.165) is 48.9 Å². The molecule has 5 nitrogen and oxygen atoms in total. The number of hydrogen-bond donors (Lipinski definition) is 3. The summed E-state index contributed by atoms with van der Waals surface area (Å²) in [6, 6.07) is 23.9. The number of rotatable bonds is 7. The van der Waals surface area contributed by atoms with Crippen LogP contribution in [0.25, 0.3) is 0 Å². The van der Waals surface area contributed by atoms with Gasteiger partial charge >= 0.3 is 0 Å². The van der Waals surface area contributed by atoms with E-state index in [1.54, 1.807) is 0 Å². The van der Waals surface area contributed by atoms with E-state index in [1.807, 2.05) is 61.5 Å². The van der Waals surface area contributed by atoms with Crippen molar-refractivity contribution < 1.29 is 9.59 Å². The summed E-state index contributed by atoms with van der Waals surface area (Å²) in [6.45, 7) is 10.9. The Kier molecular flexibility index (Phi) is 9.07. The Morgan fingerprint density at radius 2 is 1.70 bits per heavy atom. The van der Waals surface area contributed by atoms with Crippen LogP contribution >= 0.6 is 12.2 Å². The number of fused-ring (bicyclic) bond motifs is 3. The average molecular weight is 596 g/mol. The van der Waals surface area contributed by atoms with Crippen LogP contribution in [0.4, 0.5) is 5.69 Å². The Labute approximate surface area is 262 Å². The lowest BCUT2D eigenvalue weighted by atomic mass is 9.49. The Morgan fingerprint density at radius 1 is 0.977 bits per heavy atom. The summed E-state index contributed by atoms with van der Waals surface area (Å²) >= 11 is 5.70. The van der Waals surface area contributed by atoms with Crippen LogP contribution in [0.1, 0.15) is 87.1 Å². The molecule has 1 saturated carbocycles. The molecule has 0 aliphatic heterocycles. The highest BCUT2D eigenvalue weighted by molar-refractivity contribution is 7.80. The van der Waals surface area contributed by atoms with Gasteiger partial charge in [0.05, 0.1) is 5.41 Å². The van der Waals surface area contributed by atoms with Crippen molar-refractivity contribution in [2.75, 3.05) is 5.32 Å². The standard InChI is InChI=1S/C37H45N3O2S/c1-24(2)27-16-18-29-28(23-27)17-19-32-36(29,4)20-11-21-37(32,5)34(42)40-35(43)39-31(22-26-13-7-6-8-14-26)33(41)38-30-15-10-9-12-25(30)3/h6-10,12-16,18,23-24,31-32H,11,17,19-22H2,1-5H3,(H,38,41)(H2,39,40,42,43)/t31-,32+,36+,37+/m0/s1. The number of nitrogens with one attached hydrogen (secondary N) is 3. The number of aryl methyl sites for hydroxylation is 2. The predicted octanol–water partition coefficient (Wildman–Crippen LogP) is 7.37. The fourth-order valence-corrected chi connectivity index (χ4v) is 7.81. The number of anilines is 1. The first kappa shape index (κ1) is 30.9. The maximum atomic E-state index is 14.1. The molecular weight excluding hydrogens is 550 g/mol. The highest BCUT2D eigenvalue weighted by Gasteiger charge is 2.55. The highest BCUT2D eigenvalue weighted by Crippen LogP contribution is 2.57. The largest absolute Gasteiger partial charge is 0.350 e. The Morgan fingerprint density at radius 3 is 2.42 bits per heavy atom. The number of para-hydroxylation sites is 1. The molecule has 2 aliphatic carbocycles. The van der Waals surface area contributed by atoms with Crippen LogP contribution in [-0.2, 0) is 27.8 Å². The SMILES string of the molecule is Cc1ccccc1NC(=O)[C@H](Cc1ccccc1)NC(=S)NC(=O)[C@]1(C)CCC[C@]2(C)c3ccc(C(C)C)cc3CC[C@@H]12. The van der Waals surface area contributed by atoms with Crippen molar-refractivity contribution in [2.24, 2.45) is 11.3 Å². The second-order valence-electron chi connectivity index (χ2n) is 13.3. The van der Waals surface area contributed by atoms with E-state index in [2.05, 4.69) is 61.8 Å². The molecule has 3 N–H and O–H groups in total. The minimum atomic E-state index is -0.657. The Bertz CT molecular complexity index is 1500. The maximum absolute atomic E-state index is 14.1. The van der Waals surface area contributed by atoms with Gasteiger partial charge in [-0.2, -0.15) is 0 Å². The molecule has 0 saturated heterocycles. The minimum Gasteiger partial charge on any atom is -0.350 e. The first-order chi connectivity index (χ1) is 20.5. The normalized spacial score (nSPS) is 23.4. The van der Waals surface area contributed by atoms with Crippen molar-refractivity contribution in [3.63, 3.8) is 0 Å². The van der Waals surface area contributed by atoms with Crippen LogP contribution < -0.4 is 16.0 Å². The average Bonchev–Trinajstić information content (AvgIpc) is 2.98. The molecule has 5 rings (SSSR count). The van der Waals surface area contributed by atoms with E-state index < -0.39 is 11.5 Å². The van der Waals surface area contributed by atoms with Crippen molar-refractivity contribution in [1.29, 1.82) is 0 Å². The number of carbonyl (C=O) groups is 2. The number of carbonyl (C=O) groups excluding carboxylic acids is 2. The molecule has 226 valence electrons. The van der Waals surface area contributed by atoms with E-state index in [1.165, 1.54) is 16.7 Å². The monoisotopic (exact) mass is 595 g/mol. The van der Waals surface area contributed by atoms with Gasteiger partial charge in [-0.15, -0.1) is 0 Å². The topological polar surface area (TPSA) is 70.2 Å². The third-order valence-corrected chi connectivity index (χ3v) is 10.3. The van der Waals surface area contributed by atoms with Crippen molar-refractivity contribution in [1.82, 2.24) is 10.6 Å². The lowest BCUT2D eigenvalue weighted by molar-refractivity contribution is -0.137. The third kappa shape index (κ3) is 6.40. The van der Waals surface area contributed by atoms with Crippen LogP contribution in [0.2, 0.25) is 0 Å². The molecule has 3 aromatic rings. The molecular formula is C37H45N3O2S. The molecule has 2 aliphatic rings. The molecule has 2 amide bonds. The van der Waals surface area contributed by atoms with Gasteiger partial charge in [0.15, 0.2) is 5.11 Å². The van der Waals surface area contributed by atoms with E-state index in [9.17, 15) is 9.59 Å². The number of hydrogen-bond acceptors (Lipinski definition) is 3. The van der Waals surface area contributed by atoms with E-state index in [4.69, 9.17) is 12.2 Å². The Hall–Kier alpha value is -3.51. The first-order valence-corrected chi connectivity index (χ1v) is 16.1. The summed E-state index contributed by atoms with van der Waals surface area (Å²) in [5, 5.41) is 9.47. The summed E-state index contributed by atoms with van der Waals surface area (Å²) in [4.78, 5) is 27.6. The summed E-state index contributed by atoms with van der Waals surface area (Å²) in [5.41, 5.74) is 6.34. The van der Waals surface area contributed by atoms with Crippen molar-refractivity contribution in [3.05, 3.63) is 101 Å². The zero-order valence-electron chi connectivity index (χ0n) is 26.1. The van der Waals surface area contributed by atoms with Gasteiger partial charge in [-0.3, -0.25) is 9.59 Å². The summed E-state index contributed by atoms with van der Waals surface area (Å²) in [6.07, 6.45) is 5.28. The molecule has 6 heteroatoms. The molecule has 3 aromatic carbocycles. The third-order valence-electron chi connectivity index (χ3n) is 10.1. The molecule has 0 radical (unpaired) electrons. The van der Waals surface area contributed by atoms with Crippen LogP contribution in [0, 0.1) is 18.3 Å². The van der Waals surface area contributed by atoms with Gasteiger partial charge in [-0.25, -0.2) is 0 Å². The molecule has 0 heterocycles. The first-order valence-electron chi connectivity index (χ1n) is 15.7. The second-order valence-corrected chi connectivity index (χ2v) is 13.7. The number of amides is 2. The smallest absolute Gasteiger partial charge is 0.247 e. The molecule has 4 atom stereocenters. The molecule has 1 fully saturated rings. The fourth-order valence-electron chi connectivity index (χ4n) is 7.57. The molecule has 0 unspecified atom stereocenters. The molecule has 0 bridgehead atoms. The molecule has 43 heavy (non-hydrogen) atoms. The van der Waals surface area contributed by atoms with Crippen LogP contribution in [-0.4, -0.2) is 23.0 Å². The summed E-state index contributed by atoms with van der Waals surface area (Å²) < 4.78 is 0. The highest BCUT2D eigenvalue weighted by atomic mass is 32.1. The zero-order valence-corrected chi connectivity index (χ0v) is 26.9. The lowest BCUT2D eigenvalue weighted by Crippen LogP contribution is -2.58. The van der Waals surface area contributed by atoms with Gasteiger partial charge in [0.1, 0.15) is 6.04 Å².